The van der Waals surface area contributed by atoms with Gasteiger partial charge in [0.15, 0.2) is 0 Å². The standard InChI is InChI=1S/C17H24N2O2/c1-4-6-8-14(7-5-2)19-12(3)18-15-10-9-13(17(20)21)11-16(15)19/h9-11,14H,4-8H2,1-3H3,(H,20,21). The van der Waals surface area contributed by atoms with E-state index in [1.54, 1.807) is 12.1 Å². The van der Waals surface area contributed by atoms with Gasteiger partial charge in [-0.05, 0) is 38.0 Å². The highest BCUT2D eigenvalue weighted by Gasteiger charge is 2.17. The van der Waals surface area contributed by atoms with Gasteiger partial charge in [-0.3, -0.25) is 0 Å². The molecule has 0 saturated carbocycles. The number of imidazole rings is 1. The largest absolute Gasteiger partial charge is 0.478 e. The number of benzene rings is 1. The van der Waals surface area contributed by atoms with Gasteiger partial charge in [-0.25, -0.2) is 9.78 Å². The number of carboxylic acids is 1. The van der Waals surface area contributed by atoms with E-state index in [2.05, 4.69) is 23.4 Å². The summed E-state index contributed by atoms with van der Waals surface area (Å²) in [6.07, 6.45) is 5.69. The molecule has 0 saturated heterocycles. The van der Waals surface area contributed by atoms with Crippen LogP contribution in [0.4, 0.5) is 0 Å². The Morgan fingerprint density at radius 3 is 2.67 bits per heavy atom. The van der Waals surface area contributed by atoms with Crippen molar-refractivity contribution in [1.82, 2.24) is 9.55 Å². The number of carboxylic acid groups (broad SMARTS) is 1. The van der Waals surface area contributed by atoms with Crippen molar-refractivity contribution >= 4 is 17.0 Å². The first-order valence-corrected chi connectivity index (χ1v) is 7.80. The van der Waals surface area contributed by atoms with Gasteiger partial charge in [0.1, 0.15) is 5.82 Å². The fourth-order valence-electron chi connectivity index (χ4n) is 2.98. The molecule has 4 heteroatoms. The Morgan fingerprint density at radius 2 is 2.05 bits per heavy atom. The van der Waals surface area contributed by atoms with Crippen LogP contribution >= 0.6 is 0 Å². The Morgan fingerprint density at radius 1 is 1.29 bits per heavy atom. The Balaban J connectivity index is 2.50. The van der Waals surface area contributed by atoms with Crippen molar-refractivity contribution in [2.24, 2.45) is 0 Å². The van der Waals surface area contributed by atoms with Crippen molar-refractivity contribution in [3.05, 3.63) is 29.6 Å². The van der Waals surface area contributed by atoms with Crippen molar-refractivity contribution in [2.45, 2.75) is 58.9 Å². The maximum atomic E-state index is 11.2. The van der Waals surface area contributed by atoms with Crippen LogP contribution in [0, 0.1) is 6.92 Å². The molecule has 0 radical (unpaired) electrons. The number of aromatic nitrogens is 2. The third-order valence-corrected chi connectivity index (χ3v) is 3.99. The van der Waals surface area contributed by atoms with Crippen LogP contribution in [-0.4, -0.2) is 20.6 Å². The van der Waals surface area contributed by atoms with Crippen LogP contribution in [-0.2, 0) is 0 Å². The first kappa shape index (κ1) is 15.5. The number of nitrogens with zero attached hydrogens (tertiary/aromatic N) is 2. The second kappa shape index (κ2) is 6.74. The fourth-order valence-corrected chi connectivity index (χ4v) is 2.98. The SMILES string of the molecule is CCCCC(CCC)n1c(C)nc2ccc(C(=O)O)cc21. The van der Waals surface area contributed by atoms with E-state index < -0.39 is 5.97 Å². The highest BCUT2D eigenvalue weighted by atomic mass is 16.4. The van der Waals surface area contributed by atoms with Crippen LogP contribution < -0.4 is 0 Å². The number of aryl methyl sites for hydroxylation is 1. The molecule has 0 amide bonds. The second-order valence-electron chi connectivity index (χ2n) is 5.62. The summed E-state index contributed by atoms with van der Waals surface area (Å²) in [5.74, 6) is 0.0880. The summed E-state index contributed by atoms with van der Waals surface area (Å²) in [6, 6.07) is 5.60. The predicted octanol–water partition coefficient (Wildman–Crippen LogP) is 4.57. The molecule has 0 fully saturated rings. The zero-order valence-corrected chi connectivity index (χ0v) is 13.1. The van der Waals surface area contributed by atoms with E-state index in [-0.39, 0.29) is 0 Å². The van der Waals surface area contributed by atoms with Gasteiger partial charge in [0, 0.05) is 6.04 Å². The number of rotatable bonds is 7. The summed E-state index contributed by atoms with van der Waals surface area (Å²) < 4.78 is 2.24. The van der Waals surface area contributed by atoms with Crippen molar-refractivity contribution in [2.75, 3.05) is 0 Å². The molecule has 21 heavy (non-hydrogen) atoms. The zero-order valence-electron chi connectivity index (χ0n) is 13.1. The lowest BCUT2D eigenvalue weighted by Crippen LogP contribution is -2.11. The quantitative estimate of drug-likeness (QED) is 0.811. The number of hydrogen-bond donors (Lipinski definition) is 1. The van der Waals surface area contributed by atoms with Crippen molar-refractivity contribution in [3.8, 4) is 0 Å². The molecular formula is C17H24N2O2. The predicted molar refractivity (Wildman–Crippen MR) is 84.9 cm³/mol. The van der Waals surface area contributed by atoms with Gasteiger partial charge in [-0.2, -0.15) is 0 Å². The third kappa shape index (κ3) is 3.26. The first-order chi connectivity index (χ1) is 10.1. The molecule has 1 N–H and O–H groups in total. The number of carbonyl (C=O) groups is 1. The number of fused-ring (bicyclic) bond motifs is 1. The van der Waals surface area contributed by atoms with Crippen molar-refractivity contribution in [1.29, 1.82) is 0 Å². The summed E-state index contributed by atoms with van der Waals surface area (Å²) in [6.45, 7) is 6.40. The molecule has 1 heterocycles. The van der Waals surface area contributed by atoms with Crippen LogP contribution in [0.15, 0.2) is 18.2 Å². The van der Waals surface area contributed by atoms with Crippen LogP contribution in [0.1, 0.15) is 68.2 Å². The van der Waals surface area contributed by atoms with Gasteiger partial charge >= 0.3 is 5.97 Å². The van der Waals surface area contributed by atoms with Crippen molar-refractivity contribution in [3.63, 3.8) is 0 Å². The van der Waals surface area contributed by atoms with Gasteiger partial charge in [0.25, 0.3) is 0 Å². The van der Waals surface area contributed by atoms with Crippen LogP contribution in [0.5, 0.6) is 0 Å². The van der Waals surface area contributed by atoms with Crippen LogP contribution in [0.25, 0.3) is 11.0 Å². The van der Waals surface area contributed by atoms with Crippen LogP contribution in [0.2, 0.25) is 0 Å². The minimum Gasteiger partial charge on any atom is -0.478 e. The van der Waals surface area contributed by atoms with Gasteiger partial charge in [0.2, 0.25) is 0 Å². The van der Waals surface area contributed by atoms with E-state index in [4.69, 9.17) is 0 Å². The maximum Gasteiger partial charge on any atom is 0.335 e. The molecular weight excluding hydrogens is 264 g/mol. The number of aromatic carboxylic acids is 1. The minimum absolute atomic E-state index is 0.328. The lowest BCUT2D eigenvalue weighted by Gasteiger charge is -2.20. The molecule has 2 aromatic rings. The maximum absolute atomic E-state index is 11.2. The van der Waals surface area contributed by atoms with E-state index in [1.165, 1.54) is 12.8 Å². The number of unbranched alkanes of at least 4 members (excludes halogenated alkanes) is 1. The monoisotopic (exact) mass is 288 g/mol. The van der Waals surface area contributed by atoms with E-state index in [1.807, 2.05) is 13.0 Å². The smallest absolute Gasteiger partial charge is 0.335 e. The van der Waals surface area contributed by atoms with Gasteiger partial charge < -0.3 is 9.67 Å². The molecule has 0 aliphatic carbocycles. The second-order valence-corrected chi connectivity index (χ2v) is 5.62. The van der Waals surface area contributed by atoms with E-state index in [9.17, 15) is 9.90 Å². The Kier molecular flexibility index (Phi) is 4.99. The molecule has 114 valence electrons. The molecule has 4 nitrogen and oxygen atoms in total. The average Bonchev–Trinajstić information content (AvgIpc) is 2.78. The zero-order chi connectivity index (χ0) is 15.4. The summed E-state index contributed by atoms with van der Waals surface area (Å²) >= 11 is 0. The van der Waals surface area contributed by atoms with E-state index in [0.29, 0.717) is 11.6 Å². The Labute approximate surface area is 125 Å². The van der Waals surface area contributed by atoms with Gasteiger partial charge in [-0.1, -0.05) is 33.1 Å². The molecule has 0 aliphatic rings. The highest BCUT2D eigenvalue weighted by molar-refractivity contribution is 5.92. The fraction of sp³-hybridized carbons (Fsp3) is 0.529. The average molecular weight is 288 g/mol. The molecule has 0 spiro atoms. The topological polar surface area (TPSA) is 55.1 Å². The molecule has 1 aromatic carbocycles. The lowest BCUT2D eigenvalue weighted by atomic mass is 10.0. The third-order valence-electron chi connectivity index (χ3n) is 3.99. The molecule has 2 rings (SSSR count). The number of hydrogen-bond acceptors (Lipinski definition) is 2. The molecule has 0 bridgehead atoms. The Bertz CT molecular complexity index is 631. The lowest BCUT2D eigenvalue weighted by molar-refractivity contribution is 0.0697. The summed E-state index contributed by atoms with van der Waals surface area (Å²) in [5, 5.41) is 9.20. The van der Waals surface area contributed by atoms with E-state index >= 15 is 0 Å². The first-order valence-electron chi connectivity index (χ1n) is 7.80. The van der Waals surface area contributed by atoms with Gasteiger partial charge in [0.05, 0.1) is 16.6 Å². The summed E-state index contributed by atoms with van der Waals surface area (Å²) in [5.41, 5.74) is 2.16. The van der Waals surface area contributed by atoms with Crippen molar-refractivity contribution < 1.29 is 9.90 Å². The molecule has 1 aromatic heterocycles. The Hall–Kier alpha value is -1.84. The summed E-state index contributed by atoms with van der Waals surface area (Å²) in [7, 11) is 0. The molecule has 1 atom stereocenters. The summed E-state index contributed by atoms with van der Waals surface area (Å²) in [4.78, 5) is 15.8. The highest BCUT2D eigenvalue weighted by Crippen LogP contribution is 2.28. The molecule has 1 unspecified atom stereocenters. The normalized spacial score (nSPS) is 12.7. The van der Waals surface area contributed by atoms with E-state index in [0.717, 1.165) is 36.1 Å². The van der Waals surface area contributed by atoms with Gasteiger partial charge in [-0.15, -0.1) is 0 Å². The minimum atomic E-state index is -0.886. The molecule has 0 aliphatic heterocycles. The van der Waals surface area contributed by atoms with Crippen LogP contribution in [0.3, 0.4) is 0 Å².